The molecule has 0 bridgehead atoms. The first kappa shape index (κ1) is 16.3. The van der Waals surface area contributed by atoms with Crippen LogP contribution in [0.15, 0.2) is 4.99 Å². The van der Waals surface area contributed by atoms with Crippen molar-refractivity contribution < 1.29 is 4.79 Å². The van der Waals surface area contributed by atoms with Gasteiger partial charge in [-0.2, -0.15) is 0 Å². The van der Waals surface area contributed by atoms with Crippen molar-refractivity contribution in [2.75, 3.05) is 12.3 Å². The zero-order valence-corrected chi connectivity index (χ0v) is 13.4. The summed E-state index contributed by atoms with van der Waals surface area (Å²) in [4.78, 5) is 16.1. The molecule has 2 unspecified atom stereocenters. The third kappa shape index (κ3) is 5.85. The third-order valence-electron chi connectivity index (χ3n) is 3.70. The van der Waals surface area contributed by atoms with Crippen LogP contribution >= 0.6 is 11.8 Å². The summed E-state index contributed by atoms with van der Waals surface area (Å²) in [6.07, 6.45) is 3.70. The van der Waals surface area contributed by atoms with Crippen LogP contribution in [0.4, 0.5) is 0 Å². The summed E-state index contributed by atoms with van der Waals surface area (Å²) in [5.74, 6) is 1.20. The van der Waals surface area contributed by atoms with Gasteiger partial charge in [0.25, 0.3) is 0 Å². The van der Waals surface area contributed by atoms with Gasteiger partial charge in [0.05, 0.1) is 6.54 Å². The van der Waals surface area contributed by atoms with E-state index in [9.17, 15) is 4.79 Å². The Kier molecular flexibility index (Phi) is 6.69. The fraction of sp³-hybridized carbons (Fsp3) is 0.857. The minimum absolute atomic E-state index is 0.0952. The van der Waals surface area contributed by atoms with Crippen LogP contribution in [-0.4, -0.2) is 35.0 Å². The van der Waals surface area contributed by atoms with E-state index in [-0.39, 0.29) is 17.5 Å². The van der Waals surface area contributed by atoms with Crippen molar-refractivity contribution >= 4 is 22.8 Å². The summed E-state index contributed by atoms with van der Waals surface area (Å²) in [7, 11) is 0. The molecule has 0 aromatic rings. The maximum Gasteiger partial charge on any atom is 0.222 e. The second-order valence-corrected chi connectivity index (χ2v) is 6.53. The second kappa shape index (κ2) is 7.78. The molecule has 1 fully saturated rings. The fourth-order valence-electron chi connectivity index (χ4n) is 1.79. The van der Waals surface area contributed by atoms with Crippen molar-refractivity contribution in [1.82, 2.24) is 10.6 Å². The molecule has 2 N–H and O–H groups in total. The first-order valence-electron chi connectivity index (χ1n) is 7.24. The number of hydrogen-bond acceptors (Lipinski definition) is 3. The quantitative estimate of drug-likeness (QED) is 0.788. The Labute approximate surface area is 121 Å². The molecule has 1 heterocycles. The molecule has 110 valence electrons. The van der Waals surface area contributed by atoms with Gasteiger partial charge in [0, 0.05) is 23.8 Å². The lowest BCUT2D eigenvalue weighted by molar-refractivity contribution is -0.121. The molecule has 4 nitrogen and oxygen atoms in total. The summed E-state index contributed by atoms with van der Waals surface area (Å²) in [6, 6.07) is 0.255. The number of hydrogen-bond donors (Lipinski definition) is 2. The van der Waals surface area contributed by atoms with Crippen LogP contribution in [0.5, 0.6) is 0 Å². The summed E-state index contributed by atoms with van der Waals surface area (Å²) in [5.41, 5.74) is 0.170. The Morgan fingerprint density at radius 3 is 2.95 bits per heavy atom. The lowest BCUT2D eigenvalue weighted by Crippen LogP contribution is -2.48. The van der Waals surface area contributed by atoms with Crippen molar-refractivity contribution in [2.45, 2.75) is 65.0 Å². The Morgan fingerprint density at radius 1 is 1.58 bits per heavy atom. The van der Waals surface area contributed by atoms with E-state index >= 15 is 0 Å². The first-order valence-corrected chi connectivity index (χ1v) is 8.22. The van der Waals surface area contributed by atoms with Crippen LogP contribution < -0.4 is 10.6 Å². The molecule has 0 spiro atoms. The molecule has 1 saturated heterocycles. The van der Waals surface area contributed by atoms with Crippen LogP contribution in [-0.2, 0) is 4.79 Å². The number of thioether (sulfide) groups is 1. The number of carbonyl (C=O) groups excluding carboxylic acids is 1. The topological polar surface area (TPSA) is 53.5 Å². The van der Waals surface area contributed by atoms with Crippen LogP contribution in [0, 0.1) is 0 Å². The highest BCUT2D eigenvalue weighted by atomic mass is 32.2. The molecule has 5 heteroatoms. The zero-order valence-electron chi connectivity index (χ0n) is 12.6. The predicted molar refractivity (Wildman–Crippen MR) is 83.7 cm³/mol. The van der Waals surface area contributed by atoms with Crippen molar-refractivity contribution in [3.8, 4) is 0 Å². The smallest absolute Gasteiger partial charge is 0.222 e. The molecular weight excluding hydrogens is 258 g/mol. The number of rotatable bonds is 6. The summed E-state index contributed by atoms with van der Waals surface area (Å²) in [5, 5.41) is 7.44. The molecule has 1 amide bonds. The van der Waals surface area contributed by atoms with E-state index in [1.807, 2.05) is 6.92 Å². The zero-order chi connectivity index (χ0) is 14.3. The average Bonchev–Trinajstić information content (AvgIpc) is 2.38. The molecule has 1 rings (SSSR count). The highest BCUT2D eigenvalue weighted by Gasteiger charge is 2.27. The van der Waals surface area contributed by atoms with Gasteiger partial charge in [0.1, 0.15) is 0 Å². The minimum Gasteiger partial charge on any atom is -0.360 e. The van der Waals surface area contributed by atoms with Crippen molar-refractivity contribution in [2.24, 2.45) is 4.99 Å². The second-order valence-electron chi connectivity index (χ2n) is 5.45. The summed E-state index contributed by atoms with van der Waals surface area (Å²) < 4.78 is 0. The molecule has 0 aliphatic carbocycles. The van der Waals surface area contributed by atoms with E-state index in [1.165, 1.54) is 6.42 Å². The van der Waals surface area contributed by atoms with Crippen molar-refractivity contribution in [3.63, 3.8) is 0 Å². The van der Waals surface area contributed by atoms with Gasteiger partial charge in [-0.15, -0.1) is 0 Å². The molecule has 0 saturated carbocycles. The van der Waals surface area contributed by atoms with Crippen LogP contribution in [0.2, 0.25) is 0 Å². The number of carbonyl (C=O) groups is 1. The van der Waals surface area contributed by atoms with Gasteiger partial charge in [-0.1, -0.05) is 25.6 Å². The number of amidine groups is 1. The van der Waals surface area contributed by atoms with Crippen molar-refractivity contribution in [1.29, 1.82) is 0 Å². The standard InChI is InChI=1S/C14H27N3OS/c1-5-11(3)16-12(18)7-9-15-13-17-14(4,6-2)8-10-19-13/h11H,5-10H2,1-4H3,(H,15,17)(H,16,18). The van der Waals surface area contributed by atoms with Crippen LogP contribution in [0.3, 0.4) is 0 Å². The maximum atomic E-state index is 11.6. The van der Waals surface area contributed by atoms with Gasteiger partial charge >= 0.3 is 0 Å². The summed E-state index contributed by atoms with van der Waals surface area (Å²) >= 11 is 1.76. The highest BCUT2D eigenvalue weighted by Crippen LogP contribution is 2.24. The van der Waals surface area contributed by atoms with E-state index in [0.29, 0.717) is 13.0 Å². The minimum atomic E-state index is 0.0952. The van der Waals surface area contributed by atoms with E-state index in [0.717, 1.165) is 23.8 Å². The molecule has 2 atom stereocenters. The number of nitrogens with zero attached hydrogens (tertiary/aromatic N) is 1. The predicted octanol–water partition coefficient (Wildman–Crippen LogP) is 2.54. The Bertz CT molecular complexity index is 333. The van der Waals surface area contributed by atoms with E-state index in [2.05, 4.69) is 36.4 Å². The first-order chi connectivity index (χ1) is 8.99. The molecule has 0 radical (unpaired) electrons. The van der Waals surface area contributed by atoms with Gasteiger partial charge < -0.3 is 10.6 Å². The normalized spacial score (nSPS) is 26.8. The van der Waals surface area contributed by atoms with Crippen molar-refractivity contribution in [3.05, 3.63) is 0 Å². The molecule has 19 heavy (non-hydrogen) atoms. The molecule has 1 aliphatic rings. The highest BCUT2D eigenvalue weighted by molar-refractivity contribution is 8.13. The van der Waals surface area contributed by atoms with Crippen LogP contribution in [0.1, 0.15) is 53.4 Å². The van der Waals surface area contributed by atoms with E-state index in [4.69, 9.17) is 0 Å². The van der Waals surface area contributed by atoms with Gasteiger partial charge in [-0.25, -0.2) is 0 Å². The van der Waals surface area contributed by atoms with Gasteiger partial charge in [-0.05, 0) is 33.1 Å². The third-order valence-corrected chi connectivity index (χ3v) is 4.61. The van der Waals surface area contributed by atoms with E-state index in [1.54, 1.807) is 11.8 Å². The number of amides is 1. The molecule has 1 aliphatic heterocycles. The monoisotopic (exact) mass is 285 g/mol. The maximum absolute atomic E-state index is 11.6. The number of nitrogens with one attached hydrogen (secondary N) is 2. The fourth-order valence-corrected chi connectivity index (χ4v) is 3.04. The number of aliphatic imine (C=N–C) groups is 1. The van der Waals surface area contributed by atoms with E-state index < -0.39 is 0 Å². The largest absolute Gasteiger partial charge is 0.360 e. The SMILES string of the molecule is CCC(C)NC(=O)CCN=C1NC(C)(CC)CCS1. The molecule has 0 aromatic heterocycles. The summed E-state index contributed by atoms with van der Waals surface area (Å²) in [6.45, 7) is 9.09. The van der Waals surface area contributed by atoms with Crippen LogP contribution in [0.25, 0.3) is 0 Å². The Morgan fingerprint density at radius 2 is 2.32 bits per heavy atom. The van der Waals surface area contributed by atoms with Gasteiger partial charge in [-0.3, -0.25) is 9.79 Å². The average molecular weight is 285 g/mol. The Hall–Kier alpha value is -0.710. The van der Waals surface area contributed by atoms with Gasteiger partial charge in [0.15, 0.2) is 5.17 Å². The molecular formula is C14H27N3OS. The Balaban J connectivity index is 2.34. The molecule has 0 aromatic carbocycles. The lowest BCUT2D eigenvalue weighted by Gasteiger charge is -2.35. The van der Waals surface area contributed by atoms with Gasteiger partial charge in [0.2, 0.25) is 5.91 Å². The lowest BCUT2D eigenvalue weighted by atomic mass is 9.96.